The van der Waals surface area contributed by atoms with Crippen molar-refractivity contribution in [2.75, 3.05) is 51.3 Å². The lowest BCUT2D eigenvalue weighted by molar-refractivity contribution is -0.151. The van der Waals surface area contributed by atoms with E-state index in [0.717, 1.165) is 44.7 Å². The molecule has 1 aromatic rings. The summed E-state index contributed by atoms with van der Waals surface area (Å²) in [6.07, 6.45) is 4.79. The summed E-state index contributed by atoms with van der Waals surface area (Å²) in [7, 11) is 1.39. The molecule has 0 radical (unpaired) electrons. The lowest BCUT2D eigenvalue weighted by atomic mass is 9.90. The average molecular weight is 416 g/mol. The minimum absolute atomic E-state index is 0.235. The molecule has 4 rings (SSSR count). The van der Waals surface area contributed by atoms with Gasteiger partial charge in [-0.2, -0.15) is 0 Å². The molecule has 3 atom stereocenters. The minimum atomic E-state index is -0.318. The van der Waals surface area contributed by atoms with Crippen LogP contribution in [0.3, 0.4) is 0 Å². The van der Waals surface area contributed by atoms with Crippen molar-refractivity contribution in [1.82, 2.24) is 9.80 Å². The van der Waals surface area contributed by atoms with Gasteiger partial charge in [-0.05, 0) is 44.0 Å². The quantitative estimate of drug-likeness (QED) is 0.703. The van der Waals surface area contributed by atoms with Gasteiger partial charge in [0.15, 0.2) is 0 Å². The summed E-state index contributed by atoms with van der Waals surface area (Å²) in [6.45, 7) is 6.64. The Morgan fingerprint density at radius 2 is 1.87 bits per heavy atom. The van der Waals surface area contributed by atoms with E-state index in [0.29, 0.717) is 18.7 Å². The Morgan fingerprint density at radius 3 is 2.60 bits per heavy atom. The zero-order valence-electron chi connectivity index (χ0n) is 18.1. The van der Waals surface area contributed by atoms with Gasteiger partial charge in [0.25, 0.3) is 0 Å². The highest BCUT2D eigenvalue weighted by atomic mass is 16.5. The molecule has 0 spiro atoms. The molecule has 1 saturated carbocycles. The SMILES string of the molecule is COC(=O)c1ccc(N2CCN(CC(=O)N3CCOC4CCCCC43)C(C)C2)cc1. The number of carbonyl (C=O) groups is 2. The maximum Gasteiger partial charge on any atom is 0.337 e. The molecule has 3 unspecified atom stereocenters. The molecule has 164 valence electrons. The molecule has 1 amide bonds. The van der Waals surface area contributed by atoms with E-state index < -0.39 is 0 Å². The van der Waals surface area contributed by atoms with Gasteiger partial charge >= 0.3 is 5.97 Å². The van der Waals surface area contributed by atoms with Crippen LogP contribution in [0.4, 0.5) is 5.69 Å². The first-order valence-electron chi connectivity index (χ1n) is 11.2. The van der Waals surface area contributed by atoms with Gasteiger partial charge in [0.05, 0.1) is 38.0 Å². The summed E-state index contributed by atoms with van der Waals surface area (Å²) in [5, 5.41) is 0. The van der Waals surface area contributed by atoms with Gasteiger partial charge in [0.2, 0.25) is 5.91 Å². The molecule has 0 aromatic heterocycles. The number of nitrogens with zero attached hydrogens (tertiary/aromatic N) is 3. The van der Waals surface area contributed by atoms with Crippen molar-refractivity contribution in [2.24, 2.45) is 0 Å². The highest BCUT2D eigenvalue weighted by molar-refractivity contribution is 5.89. The topological polar surface area (TPSA) is 62.3 Å². The summed E-state index contributed by atoms with van der Waals surface area (Å²) >= 11 is 0. The predicted octanol–water partition coefficient (Wildman–Crippen LogP) is 2.15. The summed E-state index contributed by atoms with van der Waals surface area (Å²) in [5.74, 6) is -0.0699. The fraction of sp³-hybridized carbons (Fsp3) is 0.652. The van der Waals surface area contributed by atoms with E-state index in [1.54, 1.807) is 12.1 Å². The number of morpholine rings is 1. The number of hydrogen-bond donors (Lipinski definition) is 0. The average Bonchev–Trinajstić information content (AvgIpc) is 2.79. The fourth-order valence-corrected chi connectivity index (χ4v) is 5.06. The molecule has 2 heterocycles. The van der Waals surface area contributed by atoms with Gasteiger partial charge in [0.1, 0.15) is 0 Å². The number of rotatable bonds is 4. The van der Waals surface area contributed by atoms with E-state index >= 15 is 0 Å². The second-order valence-electron chi connectivity index (χ2n) is 8.65. The van der Waals surface area contributed by atoms with Crippen LogP contribution in [0.2, 0.25) is 0 Å². The normalized spacial score (nSPS) is 27.5. The van der Waals surface area contributed by atoms with Gasteiger partial charge < -0.3 is 19.3 Å². The lowest BCUT2D eigenvalue weighted by Crippen LogP contribution is -2.59. The van der Waals surface area contributed by atoms with Crippen molar-refractivity contribution in [2.45, 2.75) is 50.8 Å². The number of ether oxygens (including phenoxy) is 2. The van der Waals surface area contributed by atoms with E-state index in [1.165, 1.54) is 20.0 Å². The van der Waals surface area contributed by atoms with E-state index in [1.807, 2.05) is 12.1 Å². The van der Waals surface area contributed by atoms with Gasteiger partial charge in [-0.1, -0.05) is 12.8 Å². The number of amides is 1. The van der Waals surface area contributed by atoms with Crippen molar-refractivity contribution in [3.05, 3.63) is 29.8 Å². The van der Waals surface area contributed by atoms with Crippen LogP contribution in [-0.4, -0.2) is 86.3 Å². The van der Waals surface area contributed by atoms with Crippen LogP contribution in [0.25, 0.3) is 0 Å². The molecule has 2 aliphatic heterocycles. The zero-order valence-corrected chi connectivity index (χ0v) is 18.1. The number of piperazine rings is 1. The van der Waals surface area contributed by atoms with Crippen molar-refractivity contribution >= 4 is 17.6 Å². The number of benzene rings is 1. The Balaban J connectivity index is 1.33. The second kappa shape index (κ2) is 9.35. The van der Waals surface area contributed by atoms with Crippen molar-refractivity contribution in [1.29, 1.82) is 0 Å². The van der Waals surface area contributed by atoms with Gasteiger partial charge in [-0.25, -0.2) is 4.79 Å². The van der Waals surface area contributed by atoms with Crippen molar-refractivity contribution in [3.8, 4) is 0 Å². The first-order valence-corrected chi connectivity index (χ1v) is 11.2. The Kier molecular flexibility index (Phi) is 6.58. The second-order valence-corrected chi connectivity index (χ2v) is 8.65. The fourth-order valence-electron chi connectivity index (χ4n) is 5.06. The molecule has 1 aliphatic carbocycles. The third kappa shape index (κ3) is 4.47. The summed E-state index contributed by atoms with van der Waals surface area (Å²) in [6, 6.07) is 8.10. The van der Waals surface area contributed by atoms with Gasteiger partial charge in [-0.15, -0.1) is 0 Å². The first-order chi connectivity index (χ1) is 14.6. The smallest absolute Gasteiger partial charge is 0.337 e. The van der Waals surface area contributed by atoms with Crippen LogP contribution < -0.4 is 4.90 Å². The molecule has 1 aromatic carbocycles. The molecular formula is C23H33N3O4. The molecule has 7 heteroatoms. The number of esters is 1. The molecule has 0 N–H and O–H groups in total. The third-order valence-corrected chi connectivity index (χ3v) is 6.81. The Labute approximate surface area is 178 Å². The Hall–Kier alpha value is -2.12. The predicted molar refractivity (Wildman–Crippen MR) is 115 cm³/mol. The molecule has 7 nitrogen and oxygen atoms in total. The third-order valence-electron chi connectivity index (χ3n) is 6.81. The lowest BCUT2D eigenvalue weighted by Gasteiger charge is -2.45. The maximum atomic E-state index is 13.1. The number of carbonyl (C=O) groups excluding carboxylic acids is 2. The highest BCUT2D eigenvalue weighted by Gasteiger charge is 2.37. The van der Waals surface area contributed by atoms with Gasteiger partial charge in [0, 0.05) is 37.9 Å². The van der Waals surface area contributed by atoms with Crippen molar-refractivity contribution < 1.29 is 19.1 Å². The molecular weight excluding hydrogens is 382 g/mol. The zero-order chi connectivity index (χ0) is 21.1. The molecule has 2 saturated heterocycles. The maximum absolute atomic E-state index is 13.1. The summed E-state index contributed by atoms with van der Waals surface area (Å²) in [5.41, 5.74) is 1.66. The van der Waals surface area contributed by atoms with Crippen LogP contribution in [0.5, 0.6) is 0 Å². The molecule has 30 heavy (non-hydrogen) atoms. The molecule has 3 fully saturated rings. The highest BCUT2D eigenvalue weighted by Crippen LogP contribution is 2.29. The Morgan fingerprint density at radius 1 is 1.10 bits per heavy atom. The van der Waals surface area contributed by atoms with Crippen LogP contribution in [0.15, 0.2) is 24.3 Å². The van der Waals surface area contributed by atoms with Crippen LogP contribution in [-0.2, 0) is 14.3 Å². The monoisotopic (exact) mass is 415 g/mol. The summed E-state index contributed by atoms with van der Waals surface area (Å²) < 4.78 is 10.7. The standard InChI is InChI=1S/C23H33N3O4/c1-17-15-25(19-9-7-18(8-10-19)23(28)29-2)12-11-24(17)16-22(27)26-13-14-30-21-6-4-3-5-20(21)26/h7-10,17,20-21H,3-6,11-16H2,1-2H3. The minimum Gasteiger partial charge on any atom is -0.465 e. The van der Waals surface area contributed by atoms with Gasteiger partial charge in [-0.3, -0.25) is 9.69 Å². The van der Waals surface area contributed by atoms with Crippen LogP contribution in [0, 0.1) is 0 Å². The number of methoxy groups -OCH3 is 1. The molecule has 3 aliphatic rings. The van der Waals surface area contributed by atoms with E-state index in [2.05, 4.69) is 21.6 Å². The van der Waals surface area contributed by atoms with Crippen molar-refractivity contribution in [3.63, 3.8) is 0 Å². The Bertz CT molecular complexity index is 751. The molecule has 0 bridgehead atoms. The van der Waals surface area contributed by atoms with Crippen LogP contribution >= 0.6 is 0 Å². The number of hydrogen-bond acceptors (Lipinski definition) is 6. The van der Waals surface area contributed by atoms with E-state index in [-0.39, 0.29) is 30.1 Å². The number of anilines is 1. The van der Waals surface area contributed by atoms with Crippen LogP contribution in [0.1, 0.15) is 43.0 Å². The summed E-state index contributed by atoms with van der Waals surface area (Å²) in [4.78, 5) is 31.5. The first kappa shape index (κ1) is 21.1. The number of fused-ring (bicyclic) bond motifs is 1. The van der Waals surface area contributed by atoms with E-state index in [4.69, 9.17) is 9.47 Å². The largest absolute Gasteiger partial charge is 0.465 e. The van der Waals surface area contributed by atoms with E-state index in [9.17, 15) is 9.59 Å².